The largest absolute Gasteiger partial charge is 0.454 e. The summed E-state index contributed by atoms with van der Waals surface area (Å²) in [5.41, 5.74) is 2.53. The van der Waals surface area contributed by atoms with E-state index in [9.17, 15) is 5.11 Å². The average Bonchev–Trinajstić information content (AvgIpc) is 3.00. The summed E-state index contributed by atoms with van der Waals surface area (Å²) in [6.07, 6.45) is 0. The van der Waals surface area contributed by atoms with Gasteiger partial charge in [-0.3, -0.25) is 0 Å². The Morgan fingerprint density at radius 1 is 0.615 bits per heavy atom. The number of hydrogen-bond acceptors (Lipinski definition) is 3. The Morgan fingerprint density at radius 2 is 1.21 bits per heavy atom. The molecule has 1 heterocycles. The van der Waals surface area contributed by atoms with Crippen LogP contribution in [-0.2, 0) is 5.60 Å². The van der Waals surface area contributed by atoms with E-state index in [-0.39, 0.29) is 0 Å². The lowest BCUT2D eigenvalue weighted by atomic mass is 9.76. The standard InChI is InChI=1S/C35H23ClO2S/c36-29-22-28(35(37,23-12-3-1-4-13-23)24-14-5-2-6-15-24)33(26-17-8-7-16-25(26)29)27-18-11-21-32-34(27)38-30-19-9-10-20-31(30)39-32/h1-22,37H. The minimum Gasteiger partial charge on any atom is -0.454 e. The van der Waals surface area contributed by atoms with E-state index < -0.39 is 5.60 Å². The van der Waals surface area contributed by atoms with Crippen molar-refractivity contribution in [1.82, 2.24) is 0 Å². The van der Waals surface area contributed by atoms with Gasteiger partial charge in [-0.05, 0) is 40.8 Å². The number of fused-ring (bicyclic) bond motifs is 3. The lowest BCUT2D eigenvalue weighted by Crippen LogP contribution is -2.29. The van der Waals surface area contributed by atoms with Crippen molar-refractivity contribution in [1.29, 1.82) is 0 Å². The Morgan fingerprint density at radius 3 is 1.92 bits per heavy atom. The fourth-order valence-corrected chi connectivity index (χ4v) is 6.75. The van der Waals surface area contributed by atoms with Crippen LogP contribution in [0.4, 0.5) is 0 Å². The molecule has 39 heavy (non-hydrogen) atoms. The summed E-state index contributed by atoms with van der Waals surface area (Å²) in [7, 11) is 0. The fourth-order valence-electron chi connectivity index (χ4n) is 5.49. The van der Waals surface area contributed by atoms with Crippen molar-refractivity contribution in [3.8, 4) is 22.6 Å². The van der Waals surface area contributed by atoms with E-state index in [1.165, 1.54) is 0 Å². The molecule has 2 nitrogen and oxygen atoms in total. The molecule has 0 atom stereocenters. The van der Waals surface area contributed by atoms with Gasteiger partial charge < -0.3 is 9.84 Å². The van der Waals surface area contributed by atoms with E-state index in [0.29, 0.717) is 10.6 Å². The summed E-state index contributed by atoms with van der Waals surface area (Å²) in [4.78, 5) is 2.10. The molecule has 1 aliphatic rings. The maximum Gasteiger partial charge on any atom is 0.149 e. The van der Waals surface area contributed by atoms with Gasteiger partial charge in [0.25, 0.3) is 0 Å². The molecule has 0 spiro atoms. The van der Waals surface area contributed by atoms with Gasteiger partial charge >= 0.3 is 0 Å². The van der Waals surface area contributed by atoms with Crippen LogP contribution < -0.4 is 4.74 Å². The fraction of sp³-hybridized carbons (Fsp3) is 0.0286. The SMILES string of the molecule is OC(c1ccccc1)(c1ccccc1)c1cc(Cl)c2ccccc2c1-c1cccc2c1Oc1ccccc1S2. The summed E-state index contributed by atoms with van der Waals surface area (Å²) in [5.74, 6) is 1.60. The van der Waals surface area contributed by atoms with Gasteiger partial charge in [0.05, 0.1) is 9.79 Å². The molecule has 0 aromatic heterocycles. The molecule has 0 saturated carbocycles. The van der Waals surface area contributed by atoms with Crippen LogP contribution in [0.25, 0.3) is 21.9 Å². The first-order valence-corrected chi connectivity index (χ1v) is 14.0. The first kappa shape index (κ1) is 24.1. The van der Waals surface area contributed by atoms with Crippen LogP contribution in [0.5, 0.6) is 11.5 Å². The van der Waals surface area contributed by atoms with E-state index in [2.05, 4.69) is 30.3 Å². The van der Waals surface area contributed by atoms with E-state index >= 15 is 0 Å². The van der Waals surface area contributed by atoms with Crippen molar-refractivity contribution in [2.75, 3.05) is 0 Å². The van der Waals surface area contributed by atoms with Gasteiger partial charge in [0.2, 0.25) is 0 Å². The summed E-state index contributed by atoms with van der Waals surface area (Å²) >= 11 is 8.66. The summed E-state index contributed by atoms with van der Waals surface area (Å²) < 4.78 is 6.59. The molecule has 1 aliphatic heterocycles. The zero-order valence-electron chi connectivity index (χ0n) is 20.8. The molecule has 6 aromatic carbocycles. The van der Waals surface area contributed by atoms with Crippen molar-refractivity contribution in [3.63, 3.8) is 0 Å². The number of hydrogen-bond donors (Lipinski definition) is 1. The third-order valence-electron chi connectivity index (χ3n) is 7.30. The molecular formula is C35H23ClO2S. The smallest absolute Gasteiger partial charge is 0.149 e. The molecular weight excluding hydrogens is 520 g/mol. The highest BCUT2D eigenvalue weighted by Gasteiger charge is 2.38. The molecule has 6 aromatic rings. The maximum absolute atomic E-state index is 12.9. The molecule has 4 heteroatoms. The molecule has 0 unspecified atom stereocenters. The van der Waals surface area contributed by atoms with Crippen LogP contribution in [0.1, 0.15) is 16.7 Å². The maximum atomic E-state index is 12.9. The van der Waals surface area contributed by atoms with Crippen LogP contribution in [0.15, 0.2) is 143 Å². The Hall–Kier alpha value is -4.02. The first-order valence-electron chi connectivity index (χ1n) is 12.8. The lowest BCUT2D eigenvalue weighted by molar-refractivity contribution is 0.126. The highest BCUT2D eigenvalue weighted by molar-refractivity contribution is 7.99. The van der Waals surface area contributed by atoms with Crippen molar-refractivity contribution in [3.05, 3.63) is 155 Å². The molecule has 188 valence electrons. The number of rotatable bonds is 4. The molecule has 0 saturated heterocycles. The zero-order valence-corrected chi connectivity index (χ0v) is 22.4. The Labute approximate surface area is 236 Å². The minimum absolute atomic E-state index is 0.583. The quantitative estimate of drug-likeness (QED) is 0.224. The molecule has 0 fully saturated rings. The number of para-hydroxylation sites is 2. The van der Waals surface area contributed by atoms with Crippen LogP contribution in [0.3, 0.4) is 0 Å². The van der Waals surface area contributed by atoms with E-state index in [0.717, 1.165) is 54.3 Å². The topological polar surface area (TPSA) is 29.5 Å². The van der Waals surface area contributed by atoms with Gasteiger partial charge in [0, 0.05) is 27.1 Å². The van der Waals surface area contributed by atoms with Crippen LogP contribution in [0.2, 0.25) is 5.02 Å². The molecule has 0 amide bonds. The van der Waals surface area contributed by atoms with Crippen LogP contribution in [0, 0.1) is 0 Å². The van der Waals surface area contributed by atoms with Gasteiger partial charge in [0.1, 0.15) is 17.1 Å². The summed E-state index contributed by atoms with van der Waals surface area (Å²) in [6.45, 7) is 0. The van der Waals surface area contributed by atoms with Crippen LogP contribution >= 0.6 is 23.4 Å². The van der Waals surface area contributed by atoms with Crippen molar-refractivity contribution >= 4 is 34.1 Å². The highest BCUT2D eigenvalue weighted by Crippen LogP contribution is 2.54. The Bertz CT molecular complexity index is 1790. The second-order valence-corrected chi connectivity index (χ2v) is 11.0. The van der Waals surface area contributed by atoms with Gasteiger partial charge in [-0.1, -0.05) is 133 Å². The molecule has 0 bridgehead atoms. The third-order valence-corrected chi connectivity index (χ3v) is 8.71. The zero-order chi connectivity index (χ0) is 26.4. The molecule has 0 radical (unpaired) electrons. The van der Waals surface area contributed by atoms with Gasteiger partial charge in [-0.15, -0.1) is 0 Å². The number of benzene rings is 6. The first-order chi connectivity index (χ1) is 19.1. The summed E-state index contributed by atoms with van der Waals surface area (Å²) in [6, 6.07) is 43.9. The van der Waals surface area contributed by atoms with E-state index in [1.54, 1.807) is 11.8 Å². The third kappa shape index (κ3) is 3.93. The predicted molar refractivity (Wildman–Crippen MR) is 160 cm³/mol. The minimum atomic E-state index is -1.48. The Balaban J connectivity index is 1.59. The second kappa shape index (κ2) is 9.62. The lowest BCUT2D eigenvalue weighted by Gasteiger charge is -2.34. The van der Waals surface area contributed by atoms with E-state index in [4.69, 9.17) is 16.3 Å². The van der Waals surface area contributed by atoms with Crippen molar-refractivity contribution in [2.24, 2.45) is 0 Å². The highest BCUT2D eigenvalue weighted by atomic mass is 35.5. The molecule has 7 rings (SSSR count). The van der Waals surface area contributed by atoms with Gasteiger partial charge in [0.15, 0.2) is 0 Å². The number of halogens is 1. The second-order valence-electron chi connectivity index (χ2n) is 9.55. The predicted octanol–water partition coefficient (Wildman–Crippen LogP) is 9.70. The monoisotopic (exact) mass is 542 g/mol. The average molecular weight is 543 g/mol. The van der Waals surface area contributed by atoms with Gasteiger partial charge in [-0.2, -0.15) is 0 Å². The van der Waals surface area contributed by atoms with Gasteiger partial charge in [-0.25, -0.2) is 0 Å². The van der Waals surface area contributed by atoms with Crippen molar-refractivity contribution < 1.29 is 9.84 Å². The molecule has 0 aliphatic carbocycles. The Kier molecular flexibility index (Phi) is 5.93. The number of ether oxygens (including phenoxy) is 1. The normalized spacial score (nSPS) is 12.5. The molecule has 1 N–H and O–H groups in total. The van der Waals surface area contributed by atoms with Crippen LogP contribution in [-0.4, -0.2) is 5.11 Å². The number of aliphatic hydroxyl groups is 1. The van der Waals surface area contributed by atoms with E-state index in [1.807, 2.05) is 103 Å². The van der Waals surface area contributed by atoms with Crippen molar-refractivity contribution in [2.45, 2.75) is 15.4 Å². The summed E-state index contributed by atoms with van der Waals surface area (Å²) in [5, 5.41) is 15.4.